The van der Waals surface area contributed by atoms with Crippen LogP contribution >= 0.6 is 15.9 Å². The van der Waals surface area contributed by atoms with Crippen LogP contribution in [0, 0.1) is 17.2 Å². The second-order valence-corrected chi connectivity index (χ2v) is 6.13. The summed E-state index contributed by atoms with van der Waals surface area (Å²) in [7, 11) is 0. The Bertz CT molecular complexity index is 399. The molecular formula is C14H19BrFN. The lowest BCUT2D eigenvalue weighted by atomic mass is 9.92. The lowest BCUT2D eigenvalue weighted by molar-refractivity contribution is 0.337. The van der Waals surface area contributed by atoms with Crippen molar-refractivity contribution in [1.29, 1.82) is 0 Å². The molecule has 0 amide bonds. The van der Waals surface area contributed by atoms with E-state index >= 15 is 0 Å². The van der Waals surface area contributed by atoms with Crippen molar-refractivity contribution in [3.63, 3.8) is 0 Å². The SMILES string of the molecule is CC(C)C1(CNCc2cccc(F)c2Br)CC1. The molecular weight excluding hydrogens is 281 g/mol. The fourth-order valence-electron chi connectivity index (χ4n) is 2.25. The third kappa shape index (κ3) is 2.89. The first-order chi connectivity index (χ1) is 8.05. The monoisotopic (exact) mass is 299 g/mol. The van der Waals surface area contributed by atoms with Gasteiger partial charge >= 0.3 is 0 Å². The lowest BCUT2D eigenvalue weighted by Gasteiger charge is -2.20. The van der Waals surface area contributed by atoms with Crippen LogP contribution in [0.2, 0.25) is 0 Å². The van der Waals surface area contributed by atoms with Crippen molar-refractivity contribution in [1.82, 2.24) is 5.32 Å². The third-order valence-corrected chi connectivity index (χ3v) is 4.83. The first kappa shape index (κ1) is 13.0. The molecule has 1 nitrogen and oxygen atoms in total. The van der Waals surface area contributed by atoms with Gasteiger partial charge in [-0.2, -0.15) is 0 Å². The van der Waals surface area contributed by atoms with Gasteiger partial charge in [0, 0.05) is 13.1 Å². The normalized spacial score (nSPS) is 17.5. The van der Waals surface area contributed by atoms with Crippen LogP contribution < -0.4 is 5.32 Å². The summed E-state index contributed by atoms with van der Waals surface area (Å²) in [6.45, 7) is 6.33. The van der Waals surface area contributed by atoms with Gasteiger partial charge in [0.15, 0.2) is 0 Å². The summed E-state index contributed by atoms with van der Waals surface area (Å²) >= 11 is 3.29. The first-order valence-corrected chi connectivity index (χ1v) is 6.98. The maximum Gasteiger partial charge on any atom is 0.137 e. The van der Waals surface area contributed by atoms with E-state index in [0.717, 1.165) is 24.6 Å². The van der Waals surface area contributed by atoms with Crippen LogP contribution in [0.15, 0.2) is 22.7 Å². The highest BCUT2D eigenvalue weighted by molar-refractivity contribution is 9.10. The summed E-state index contributed by atoms with van der Waals surface area (Å²) in [5, 5.41) is 3.46. The number of halogens is 2. The zero-order chi connectivity index (χ0) is 12.5. The molecule has 0 bridgehead atoms. The van der Waals surface area contributed by atoms with Crippen molar-refractivity contribution in [2.75, 3.05) is 6.54 Å². The molecule has 1 aromatic rings. The van der Waals surface area contributed by atoms with Gasteiger partial charge in [-0.15, -0.1) is 0 Å². The van der Waals surface area contributed by atoms with Gasteiger partial charge in [0.25, 0.3) is 0 Å². The molecule has 0 atom stereocenters. The molecule has 1 N–H and O–H groups in total. The zero-order valence-electron chi connectivity index (χ0n) is 10.4. The number of hydrogen-bond donors (Lipinski definition) is 1. The Hall–Kier alpha value is -0.410. The van der Waals surface area contributed by atoms with Crippen molar-refractivity contribution in [3.8, 4) is 0 Å². The molecule has 17 heavy (non-hydrogen) atoms. The average Bonchev–Trinajstić information content (AvgIpc) is 3.05. The van der Waals surface area contributed by atoms with Crippen LogP contribution in [0.1, 0.15) is 32.3 Å². The van der Waals surface area contributed by atoms with Gasteiger partial charge < -0.3 is 5.32 Å². The number of benzene rings is 1. The summed E-state index contributed by atoms with van der Waals surface area (Å²) in [6, 6.07) is 5.19. The molecule has 0 unspecified atom stereocenters. The summed E-state index contributed by atoms with van der Waals surface area (Å²) in [4.78, 5) is 0. The van der Waals surface area contributed by atoms with Crippen LogP contribution in [0.4, 0.5) is 4.39 Å². The minimum Gasteiger partial charge on any atom is -0.312 e. The Balaban J connectivity index is 1.89. The van der Waals surface area contributed by atoms with Crippen LogP contribution in [-0.2, 0) is 6.54 Å². The smallest absolute Gasteiger partial charge is 0.137 e. The summed E-state index contributed by atoms with van der Waals surface area (Å²) in [6.07, 6.45) is 2.64. The Kier molecular flexibility index (Phi) is 3.88. The molecule has 1 aliphatic carbocycles. The van der Waals surface area contributed by atoms with E-state index in [1.807, 2.05) is 6.07 Å². The van der Waals surface area contributed by atoms with Crippen molar-refractivity contribution < 1.29 is 4.39 Å². The molecule has 0 heterocycles. The van der Waals surface area contributed by atoms with Gasteiger partial charge in [-0.05, 0) is 51.7 Å². The molecule has 0 spiro atoms. The third-order valence-electron chi connectivity index (χ3n) is 3.94. The Morgan fingerprint density at radius 1 is 1.41 bits per heavy atom. The fraction of sp³-hybridized carbons (Fsp3) is 0.571. The van der Waals surface area contributed by atoms with Crippen molar-refractivity contribution in [2.45, 2.75) is 33.2 Å². The van der Waals surface area contributed by atoms with Gasteiger partial charge in [-0.25, -0.2) is 4.39 Å². The molecule has 1 fully saturated rings. The number of nitrogens with one attached hydrogen (secondary N) is 1. The van der Waals surface area contributed by atoms with Gasteiger partial charge in [0.05, 0.1) is 4.47 Å². The van der Waals surface area contributed by atoms with E-state index in [4.69, 9.17) is 0 Å². The quantitative estimate of drug-likeness (QED) is 0.862. The fourth-order valence-corrected chi connectivity index (χ4v) is 2.65. The predicted octanol–water partition coefficient (Wildman–Crippen LogP) is 4.11. The van der Waals surface area contributed by atoms with E-state index in [1.165, 1.54) is 18.9 Å². The molecule has 0 radical (unpaired) electrons. The van der Waals surface area contributed by atoms with E-state index in [2.05, 4.69) is 35.1 Å². The van der Waals surface area contributed by atoms with Crippen LogP contribution in [0.3, 0.4) is 0 Å². The Morgan fingerprint density at radius 2 is 2.12 bits per heavy atom. The summed E-state index contributed by atoms with van der Waals surface area (Å²) in [5.74, 6) is 0.542. The molecule has 94 valence electrons. The number of rotatable bonds is 5. The highest BCUT2D eigenvalue weighted by Gasteiger charge is 2.44. The van der Waals surface area contributed by atoms with Crippen LogP contribution in [0.5, 0.6) is 0 Å². The largest absolute Gasteiger partial charge is 0.312 e. The van der Waals surface area contributed by atoms with Gasteiger partial charge in [0.1, 0.15) is 5.82 Å². The second kappa shape index (κ2) is 5.07. The molecule has 1 aromatic carbocycles. The van der Waals surface area contributed by atoms with E-state index in [9.17, 15) is 4.39 Å². The Morgan fingerprint density at radius 3 is 2.71 bits per heavy atom. The molecule has 0 aliphatic heterocycles. The highest BCUT2D eigenvalue weighted by atomic mass is 79.9. The zero-order valence-corrected chi connectivity index (χ0v) is 12.0. The molecule has 0 saturated heterocycles. The van der Waals surface area contributed by atoms with Gasteiger partial charge in [0.2, 0.25) is 0 Å². The van der Waals surface area contributed by atoms with E-state index < -0.39 is 0 Å². The standard InChI is InChI=1S/C14H19BrFN/c1-10(2)14(6-7-14)9-17-8-11-4-3-5-12(16)13(11)15/h3-5,10,17H,6-9H2,1-2H3. The topological polar surface area (TPSA) is 12.0 Å². The van der Waals surface area contributed by atoms with Crippen molar-refractivity contribution in [2.24, 2.45) is 11.3 Å². The molecule has 2 rings (SSSR count). The van der Waals surface area contributed by atoms with E-state index in [-0.39, 0.29) is 5.82 Å². The predicted molar refractivity (Wildman–Crippen MR) is 72.3 cm³/mol. The number of hydrogen-bond acceptors (Lipinski definition) is 1. The maximum atomic E-state index is 13.3. The molecule has 3 heteroatoms. The Labute approximate surface area is 111 Å². The summed E-state index contributed by atoms with van der Waals surface area (Å²) in [5.41, 5.74) is 1.49. The molecule has 1 saturated carbocycles. The van der Waals surface area contributed by atoms with Crippen molar-refractivity contribution in [3.05, 3.63) is 34.1 Å². The van der Waals surface area contributed by atoms with Gasteiger partial charge in [-0.3, -0.25) is 0 Å². The van der Waals surface area contributed by atoms with Gasteiger partial charge in [-0.1, -0.05) is 26.0 Å². The summed E-state index contributed by atoms with van der Waals surface area (Å²) < 4.78 is 13.9. The maximum absolute atomic E-state index is 13.3. The van der Waals surface area contributed by atoms with Crippen LogP contribution in [-0.4, -0.2) is 6.54 Å². The average molecular weight is 300 g/mol. The highest BCUT2D eigenvalue weighted by Crippen LogP contribution is 2.51. The molecule has 1 aliphatic rings. The lowest BCUT2D eigenvalue weighted by Crippen LogP contribution is -2.27. The van der Waals surface area contributed by atoms with Crippen molar-refractivity contribution >= 4 is 15.9 Å². The minimum absolute atomic E-state index is 0.186. The van der Waals surface area contributed by atoms with E-state index in [1.54, 1.807) is 6.07 Å². The van der Waals surface area contributed by atoms with E-state index in [0.29, 0.717) is 9.89 Å². The first-order valence-electron chi connectivity index (χ1n) is 6.19. The van der Waals surface area contributed by atoms with Crippen LogP contribution in [0.25, 0.3) is 0 Å². The molecule has 0 aromatic heterocycles. The minimum atomic E-state index is -0.186. The second-order valence-electron chi connectivity index (χ2n) is 5.33.